The molecule has 2 aromatic rings. The number of H-pyrrole nitrogens is 1. The Labute approximate surface area is 128 Å². The van der Waals surface area contributed by atoms with E-state index < -0.39 is 6.10 Å². The number of ether oxygens (including phenoxy) is 1. The van der Waals surface area contributed by atoms with Gasteiger partial charge in [0.2, 0.25) is 0 Å². The van der Waals surface area contributed by atoms with Gasteiger partial charge >= 0.3 is 0 Å². The first-order valence-corrected chi connectivity index (χ1v) is 7.17. The quantitative estimate of drug-likeness (QED) is 0.832. The van der Waals surface area contributed by atoms with E-state index in [0.29, 0.717) is 11.4 Å². The van der Waals surface area contributed by atoms with Gasteiger partial charge in [-0.05, 0) is 30.7 Å². The maximum absolute atomic E-state index is 12.0. The van der Waals surface area contributed by atoms with E-state index in [0.717, 1.165) is 16.5 Å². The fourth-order valence-electron chi connectivity index (χ4n) is 2.05. The average Bonchev–Trinajstić information content (AvgIpc) is 2.86. The molecule has 0 fully saturated rings. The fraction of sp³-hybridized carbons (Fsp3) is 0.400. The average molecular weight is 311 g/mol. The number of aromatic amines is 1. The lowest BCUT2D eigenvalue weighted by Crippen LogP contribution is -2.21. The van der Waals surface area contributed by atoms with Crippen molar-refractivity contribution in [1.29, 1.82) is 0 Å². The maximum atomic E-state index is 12.0. The number of aromatic nitrogens is 1. The van der Waals surface area contributed by atoms with Crippen LogP contribution >= 0.6 is 11.6 Å². The largest absolute Gasteiger partial charge is 0.490 e. The number of nitrogens with zero attached hydrogens (tertiary/aromatic N) is 1. The van der Waals surface area contributed by atoms with Gasteiger partial charge in [0.15, 0.2) is 0 Å². The summed E-state index contributed by atoms with van der Waals surface area (Å²) in [5.74, 6) is 0.644. The first kappa shape index (κ1) is 15.7. The molecule has 0 saturated heterocycles. The van der Waals surface area contributed by atoms with Crippen LogP contribution in [0.2, 0.25) is 0 Å². The molecule has 0 saturated carbocycles. The van der Waals surface area contributed by atoms with Crippen LogP contribution < -0.4 is 4.74 Å². The minimum Gasteiger partial charge on any atom is -0.490 e. The van der Waals surface area contributed by atoms with E-state index in [4.69, 9.17) is 16.3 Å². The second-order valence-corrected chi connectivity index (χ2v) is 5.53. The van der Waals surface area contributed by atoms with Gasteiger partial charge in [0, 0.05) is 25.0 Å². The van der Waals surface area contributed by atoms with Gasteiger partial charge in [0.05, 0.1) is 5.88 Å². The Bertz CT molecular complexity index is 652. The molecule has 6 heteroatoms. The topological polar surface area (TPSA) is 65.6 Å². The summed E-state index contributed by atoms with van der Waals surface area (Å²) in [4.78, 5) is 16.6. The molecule has 0 aliphatic carbocycles. The highest BCUT2D eigenvalue weighted by Crippen LogP contribution is 2.28. The lowest BCUT2D eigenvalue weighted by atomic mass is 10.1. The Kier molecular flexibility index (Phi) is 4.75. The smallest absolute Gasteiger partial charge is 0.269 e. The number of aliphatic hydroxyl groups is 1. The van der Waals surface area contributed by atoms with Gasteiger partial charge in [0.25, 0.3) is 5.91 Å². The molecule has 1 unspecified atom stereocenters. The summed E-state index contributed by atoms with van der Waals surface area (Å²) in [7, 11) is 3.40. The van der Waals surface area contributed by atoms with Crippen molar-refractivity contribution >= 4 is 28.4 Å². The van der Waals surface area contributed by atoms with Crippen LogP contribution in [0.15, 0.2) is 18.2 Å². The Balaban J connectivity index is 2.38. The minimum atomic E-state index is -0.718. The number of amides is 1. The highest BCUT2D eigenvalue weighted by atomic mass is 35.5. The van der Waals surface area contributed by atoms with Crippen LogP contribution in [0.4, 0.5) is 0 Å². The predicted octanol–water partition coefficient (Wildman–Crippen LogP) is 2.16. The number of hydrogen-bond donors (Lipinski definition) is 2. The molecule has 21 heavy (non-hydrogen) atoms. The summed E-state index contributed by atoms with van der Waals surface area (Å²) in [6.45, 7) is 2.06. The van der Waals surface area contributed by atoms with Gasteiger partial charge in [-0.25, -0.2) is 0 Å². The van der Waals surface area contributed by atoms with Crippen LogP contribution in [0, 0.1) is 6.92 Å². The normalized spacial score (nSPS) is 12.4. The molecule has 1 amide bonds. The molecule has 2 rings (SSSR count). The van der Waals surface area contributed by atoms with Crippen molar-refractivity contribution in [2.45, 2.75) is 13.0 Å². The molecular formula is C15H19ClN2O3. The van der Waals surface area contributed by atoms with Gasteiger partial charge in [-0.1, -0.05) is 0 Å². The van der Waals surface area contributed by atoms with Crippen molar-refractivity contribution in [1.82, 2.24) is 9.88 Å². The molecule has 1 heterocycles. The number of halogens is 1. The van der Waals surface area contributed by atoms with Crippen molar-refractivity contribution in [3.05, 3.63) is 29.5 Å². The zero-order valence-corrected chi connectivity index (χ0v) is 13.1. The molecule has 0 bridgehead atoms. The third-order valence-corrected chi connectivity index (χ3v) is 3.45. The standard InChI is InChI=1S/C15H19ClN2O3/c1-9-4-12-11(6-13(17-12)15(20)18(2)3)14(5-9)21-8-10(19)7-16/h4-6,10,17,19H,7-8H2,1-3H3. The number of carbonyl (C=O) groups excluding carboxylic acids is 1. The number of aryl methyl sites for hydroxylation is 1. The molecule has 0 aliphatic rings. The lowest BCUT2D eigenvalue weighted by Gasteiger charge is -2.11. The molecule has 0 aliphatic heterocycles. The predicted molar refractivity (Wildman–Crippen MR) is 83.3 cm³/mol. The van der Waals surface area contributed by atoms with E-state index >= 15 is 0 Å². The van der Waals surface area contributed by atoms with Gasteiger partial charge in [-0.3, -0.25) is 4.79 Å². The molecule has 5 nitrogen and oxygen atoms in total. The van der Waals surface area contributed by atoms with Crippen molar-refractivity contribution in [2.75, 3.05) is 26.6 Å². The van der Waals surface area contributed by atoms with E-state index in [9.17, 15) is 9.90 Å². The molecule has 1 aromatic carbocycles. The number of carbonyl (C=O) groups is 1. The van der Waals surface area contributed by atoms with Crippen molar-refractivity contribution in [3.63, 3.8) is 0 Å². The third-order valence-electron chi connectivity index (χ3n) is 3.09. The van der Waals surface area contributed by atoms with Crippen LogP contribution in [-0.4, -0.2) is 53.6 Å². The number of rotatable bonds is 5. The zero-order chi connectivity index (χ0) is 15.6. The van der Waals surface area contributed by atoms with E-state index in [-0.39, 0.29) is 18.4 Å². The first-order chi connectivity index (χ1) is 9.92. The Morgan fingerprint density at radius 3 is 2.76 bits per heavy atom. The van der Waals surface area contributed by atoms with E-state index in [1.165, 1.54) is 4.90 Å². The van der Waals surface area contributed by atoms with Gasteiger partial charge in [-0.15, -0.1) is 11.6 Å². The third kappa shape index (κ3) is 3.49. The summed E-state index contributed by atoms with van der Waals surface area (Å²) in [5, 5.41) is 10.3. The van der Waals surface area contributed by atoms with Crippen LogP contribution in [-0.2, 0) is 0 Å². The summed E-state index contributed by atoms with van der Waals surface area (Å²) in [6, 6.07) is 5.59. The Morgan fingerprint density at radius 2 is 2.14 bits per heavy atom. The molecule has 114 valence electrons. The van der Waals surface area contributed by atoms with Gasteiger partial charge < -0.3 is 19.7 Å². The van der Waals surface area contributed by atoms with Gasteiger partial charge in [-0.2, -0.15) is 0 Å². The number of hydrogen-bond acceptors (Lipinski definition) is 3. The van der Waals surface area contributed by atoms with E-state index in [2.05, 4.69) is 4.98 Å². The monoisotopic (exact) mass is 310 g/mol. The summed E-state index contributed by atoms with van der Waals surface area (Å²) < 4.78 is 5.63. The van der Waals surface area contributed by atoms with E-state index in [1.807, 2.05) is 19.1 Å². The fourth-order valence-corrected chi connectivity index (χ4v) is 2.14. The van der Waals surface area contributed by atoms with Crippen molar-refractivity contribution < 1.29 is 14.6 Å². The number of aliphatic hydroxyl groups excluding tert-OH is 1. The molecular weight excluding hydrogens is 292 g/mol. The Morgan fingerprint density at radius 1 is 1.43 bits per heavy atom. The second kappa shape index (κ2) is 6.37. The Hall–Kier alpha value is -1.72. The molecule has 2 N–H and O–H groups in total. The van der Waals surface area contributed by atoms with E-state index in [1.54, 1.807) is 20.2 Å². The molecule has 0 radical (unpaired) electrons. The van der Waals surface area contributed by atoms with Crippen LogP contribution in [0.5, 0.6) is 5.75 Å². The number of fused-ring (bicyclic) bond motifs is 1. The summed E-state index contributed by atoms with van der Waals surface area (Å²) in [6.07, 6.45) is -0.718. The van der Waals surface area contributed by atoms with Crippen molar-refractivity contribution in [2.24, 2.45) is 0 Å². The number of benzene rings is 1. The summed E-state index contributed by atoms with van der Waals surface area (Å²) >= 11 is 5.56. The highest BCUT2D eigenvalue weighted by Gasteiger charge is 2.15. The number of alkyl halides is 1. The highest BCUT2D eigenvalue weighted by molar-refractivity contribution is 6.18. The van der Waals surface area contributed by atoms with Crippen LogP contribution in [0.25, 0.3) is 10.9 Å². The molecule has 0 spiro atoms. The van der Waals surface area contributed by atoms with Crippen LogP contribution in [0.3, 0.4) is 0 Å². The summed E-state index contributed by atoms with van der Waals surface area (Å²) in [5.41, 5.74) is 2.34. The zero-order valence-electron chi connectivity index (χ0n) is 12.3. The number of nitrogens with one attached hydrogen (secondary N) is 1. The molecule has 1 atom stereocenters. The lowest BCUT2D eigenvalue weighted by molar-refractivity contribution is 0.0823. The molecule has 1 aromatic heterocycles. The SMILES string of the molecule is Cc1cc(OCC(O)CCl)c2cc(C(=O)N(C)C)[nH]c2c1. The second-order valence-electron chi connectivity index (χ2n) is 5.23. The maximum Gasteiger partial charge on any atom is 0.269 e. The first-order valence-electron chi connectivity index (χ1n) is 6.64. The minimum absolute atomic E-state index is 0.101. The van der Waals surface area contributed by atoms with Crippen molar-refractivity contribution in [3.8, 4) is 5.75 Å². The van der Waals surface area contributed by atoms with Crippen LogP contribution in [0.1, 0.15) is 16.1 Å². The van der Waals surface area contributed by atoms with Gasteiger partial charge in [0.1, 0.15) is 24.2 Å².